The Kier molecular flexibility index (Phi) is 11.5. The molecule has 1 aromatic heterocycles. The van der Waals surface area contributed by atoms with Gasteiger partial charge in [0.25, 0.3) is 0 Å². The van der Waals surface area contributed by atoms with Gasteiger partial charge < -0.3 is 30.2 Å². The number of aldehydes is 1. The Morgan fingerprint density at radius 2 is 1.88 bits per heavy atom. The first-order valence-electron chi connectivity index (χ1n) is 16.3. The van der Waals surface area contributed by atoms with Gasteiger partial charge in [-0.3, -0.25) is 0 Å². The monoisotopic (exact) mass is 700 g/mol. The maximum atomic E-state index is 15.5. The Bertz CT molecular complexity index is 1710. The second kappa shape index (κ2) is 15.6. The summed E-state index contributed by atoms with van der Waals surface area (Å²) in [5.74, 6) is -1.90. The van der Waals surface area contributed by atoms with E-state index in [2.05, 4.69) is 25.9 Å². The van der Waals surface area contributed by atoms with Crippen LogP contribution in [0.15, 0.2) is 54.9 Å². The van der Waals surface area contributed by atoms with Crippen molar-refractivity contribution < 1.29 is 36.3 Å². The number of ether oxygens (including phenoxy) is 2. The fourth-order valence-electron chi connectivity index (χ4n) is 6.56. The highest BCUT2D eigenvalue weighted by Crippen LogP contribution is 2.36. The Balaban J connectivity index is 1.47. The molecule has 5 atom stereocenters. The molecule has 0 radical (unpaired) electrons. The number of piperazine rings is 1. The molecule has 2 bridgehead atoms. The van der Waals surface area contributed by atoms with Gasteiger partial charge in [0, 0.05) is 61.3 Å². The summed E-state index contributed by atoms with van der Waals surface area (Å²) in [6, 6.07) is 9.78. The van der Waals surface area contributed by atoms with Crippen LogP contribution in [-0.4, -0.2) is 91.3 Å². The Hall–Kier alpha value is -4.21. The SMILES string of the molecule is COC(=O)N[C@](C=O)(CNc1cccc(F)c1CC[C@H]1CN[C@@H]2CCCS(=O)(=O)N1C2)[C@@H](c1ccc(F)cc1)c1cnc(OC(C)C)nc1. The molecule has 3 aromatic rings. The molecule has 15 heteroatoms. The second-order valence-corrected chi connectivity index (χ2v) is 14.7. The second-order valence-electron chi connectivity index (χ2n) is 12.7. The summed E-state index contributed by atoms with van der Waals surface area (Å²) in [5, 5.41) is 9.27. The molecule has 1 unspecified atom stereocenters. The summed E-state index contributed by atoms with van der Waals surface area (Å²) >= 11 is 0. The molecular weight excluding hydrogens is 658 g/mol. The zero-order chi connectivity index (χ0) is 35.2. The molecule has 3 N–H and O–H groups in total. The molecular formula is C34H42F2N6O6S. The molecule has 2 fully saturated rings. The van der Waals surface area contributed by atoms with Gasteiger partial charge in [-0.2, -0.15) is 4.31 Å². The smallest absolute Gasteiger partial charge is 0.407 e. The van der Waals surface area contributed by atoms with Crippen molar-refractivity contribution in [1.29, 1.82) is 0 Å². The molecule has 2 aliphatic heterocycles. The lowest BCUT2D eigenvalue weighted by Crippen LogP contribution is -2.59. The zero-order valence-corrected chi connectivity index (χ0v) is 28.5. The summed E-state index contributed by atoms with van der Waals surface area (Å²) < 4.78 is 67.6. The van der Waals surface area contributed by atoms with E-state index in [1.807, 2.05) is 13.8 Å². The number of hydrogen-bond donors (Lipinski definition) is 3. The molecule has 0 spiro atoms. The van der Waals surface area contributed by atoms with E-state index >= 15 is 4.39 Å². The van der Waals surface area contributed by atoms with E-state index in [1.54, 1.807) is 10.4 Å². The van der Waals surface area contributed by atoms with Crippen LogP contribution in [0, 0.1) is 11.6 Å². The standard InChI is InChI=1S/C34H42F2N6O6S/c1-22(2)48-32-38-16-24(17-39-32)31(23-9-11-25(35)12-10-23)34(21-43,41-33(44)47-3)20-40-30-8-4-7-29(36)28(30)14-13-27-18-37-26-6-5-15-49(45,46)42(27)19-26/h4,7-12,16-17,21-22,26-27,31,37,40H,5-6,13-15,18-20H2,1-3H3,(H,41,44)/t26-,27+,31+,34+/m1/s1. The average Bonchev–Trinajstić information content (AvgIpc) is 3.19. The summed E-state index contributed by atoms with van der Waals surface area (Å²) in [7, 11) is -2.28. The van der Waals surface area contributed by atoms with Crippen LogP contribution in [0.2, 0.25) is 0 Å². The van der Waals surface area contributed by atoms with Crippen LogP contribution in [0.5, 0.6) is 6.01 Å². The number of methoxy groups -OCH3 is 1. The minimum absolute atomic E-state index is 0.0862. The van der Waals surface area contributed by atoms with E-state index in [0.717, 1.165) is 13.5 Å². The highest BCUT2D eigenvalue weighted by atomic mass is 32.2. The lowest BCUT2D eigenvalue weighted by molar-refractivity contribution is -0.113. The lowest BCUT2D eigenvalue weighted by atomic mass is 9.76. The number of anilines is 1. The van der Waals surface area contributed by atoms with Gasteiger partial charge in [-0.25, -0.2) is 32.0 Å². The van der Waals surface area contributed by atoms with Crippen LogP contribution in [0.1, 0.15) is 55.7 Å². The van der Waals surface area contributed by atoms with Crippen molar-refractivity contribution in [1.82, 2.24) is 24.9 Å². The number of carbonyl (C=O) groups excluding carboxylic acids is 2. The average molecular weight is 701 g/mol. The van der Waals surface area contributed by atoms with E-state index < -0.39 is 39.2 Å². The normalized spacial score (nSPS) is 21.9. The van der Waals surface area contributed by atoms with E-state index in [4.69, 9.17) is 9.47 Å². The van der Waals surface area contributed by atoms with E-state index in [9.17, 15) is 22.4 Å². The van der Waals surface area contributed by atoms with Gasteiger partial charge in [0.2, 0.25) is 10.0 Å². The zero-order valence-electron chi connectivity index (χ0n) is 27.7. The third-order valence-electron chi connectivity index (χ3n) is 8.95. The summed E-state index contributed by atoms with van der Waals surface area (Å²) in [6.45, 7) is 4.22. The van der Waals surface area contributed by atoms with Crippen LogP contribution in [0.3, 0.4) is 0 Å². The summed E-state index contributed by atoms with van der Waals surface area (Å²) in [6.07, 6.45) is 4.29. The number of aromatic nitrogens is 2. The van der Waals surface area contributed by atoms with Gasteiger partial charge in [-0.1, -0.05) is 18.2 Å². The van der Waals surface area contributed by atoms with Crippen molar-refractivity contribution in [3.63, 3.8) is 0 Å². The van der Waals surface area contributed by atoms with Crippen LogP contribution in [-0.2, 0) is 26.0 Å². The number of amides is 1. The molecule has 3 heterocycles. The lowest BCUT2D eigenvalue weighted by Gasteiger charge is -2.38. The maximum Gasteiger partial charge on any atom is 0.407 e. The van der Waals surface area contributed by atoms with E-state index in [0.29, 0.717) is 54.6 Å². The first-order valence-corrected chi connectivity index (χ1v) is 17.9. The van der Waals surface area contributed by atoms with Gasteiger partial charge >= 0.3 is 12.1 Å². The van der Waals surface area contributed by atoms with Gasteiger partial charge in [0.1, 0.15) is 23.5 Å². The highest BCUT2D eigenvalue weighted by Gasteiger charge is 2.44. The third kappa shape index (κ3) is 8.51. The van der Waals surface area contributed by atoms with Gasteiger partial charge in [-0.15, -0.1) is 0 Å². The topological polar surface area (TPSA) is 152 Å². The number of rotatable bonds is 13. The molecule has 12 nitrogen and oxygen atoms in total. The first-order chi connectivity index (χ1) is 23.4. The van der Waals surface area contributed by atoms with Crippen molar-refractivity contribution in [2.75, 3.05) is 37.8 Å². The number of alkyl carbamates (subject to hydrolysis) is 1. The van der Waals surface area contributed by atoms with Gasteiger partial charge in [-0.05, 0) is 74.9 Å². The Morgan fingerprint density at radius 1 is 1.14 bits per heavy atom. The van der Waals surface area contributed by atoms with Crippen molar-refractivity contribution in [2.24, 2.45) is 0 Å². The van der Waals surface area contributed by atoms with Crippen LogP contribution < -0.4 is 20.7 Å². The largest absolute Gasteiger partial charge is 0.461 e. The van der Waals surface area contributed by atoms with Crippen molar-refractivity contribution in [2.45, 2.75) is 69.2 Å². The molecule has 49 heavy (non-hydrogen) atoms. The first kappa shape index (κ1) is 36.1. The number of carbonyl (C=O) groups is 2. The van der Waals surface area contributed by atoms with E-state index in [1.165, 1.54) is 48.8 Å². The predicted molar refractivity (Wildman–Crippen MR) is 179 cm³/mol. The maximum absolute atomic E-state index is 15.5. The number of benzene rings is 2. The highest BCUT2D eigenvalue weighted by molar-refractivity contribution is 7.89. The molecule has 2 saturated heterocycles. The third-order valence-corrected chi connectivity index (χ3v) is 10.9. The number of nitrogens with one attached hydrogen (secondary N) is 3. The quantitative estimate of drug-likeness (QED) is 0.225. The van der Waals surface area contributed by atoms with Crippen LogP contribution in [0.4, 0.5) is 19.3 Å². The fraction of sp³-hybridized carbons (Fsp3) is 0.471. The van der Waals surface area contributed by atoms with E-state index in [-0.39, 0.29) is 42.9 Å². The predicted octanol–water partition coefficient (Wildman–Crippen LogP) is 3.78. The number of halogens is 2. The number of nitrogens with zero attached hydrogens (tertiary/aromatic N) is 3. The molecule has 264 valence electrons. The number of fused-ring (bicyclic) bond motifs is 2. The van der Waals surface area contributed by atoms with Crippen molar-refractivity contribution >= 4 is 28.1 Å². The molecule has 2 aliphatic rings. The Labute approximate surface area is 285 Å². The van der Waals surface area contributed by atoms with Crippen LogP contribution >= 0.6 is 0 Å². The number of hydrogen-bond acceptors (Lipinski definition) is 10. The number of sulfonamides is 1. The van der Waals surface area contributed by atoms with Crippen molar-refractivity contribution in [3.8, 4) is 6.01 Å². The molecule has 2 aromatic carbocycles. The van der Waals surface area contributed by atoms with Crippen LogP contribution in [0.25, 0.3) is 0 Å². The van der Waals surface area contributed by atoms with Crippen molar-refractivity contribution in [3.05, 3.63) is 83.2 Å². The van der Waals surface area contributed by atoms with Gasteiger partial charge in [0.05, 0.1) is 19.0 Å². The minimum atomic E-state index is -3.43. The molecule has 0 saturated carbocycles. The molecule has 1 amide bonds. The summed E-state index contributed by atoms with van der Waals surface area (Å²) in [4.78, 5) is 34.6. The Morgan fingerprint density at radius 3 is 2.55 bits per heavy atom. The fourth-order valence-corrected chi connectivity index (χ4v) is 8.37. The summed E-state index contributed by atoms with van der Waals surface area (Å²) in [5.41, 5.74) is -0.288. The minimum Gasteiger partial charge on any atom is -0.461 e. The van der Waals surface area contributed by atoms with Gasteiger partial charge in [0.15, 0.2) is 0 Å². The molecule has 5 rings (SSSR count). The molecule has 0 aliphatic carbocycles.